The summed E-state index contributed by atoms with van der Waals surface area (Å²) in [6.45, 7) is 5.74. The number of hydrogen-bond acceptors (Lipinski definition) is 6. The molecule has 0 atom stereocenters. The van der Waals surface area contributed by atoms with Gasteiger partial charge in [0.15, 0.2) is 0 Å². The van der Waals surface area contributed by atoms with Crippen LogP contribution in [0, 0.1) is 0 Å². The van der Waals surface area contributed by atoms with Crippen molar-refractivity contribution in [2.75, 3.05) is 32.8 Å². The van der Waals surface area contributed by atoms with Gasteiger partial charge in [-0.15, -0.1) is 0 Å². The van der Waals surface area contributed by atoms with Crippen molar-refractivity contribution >= 4 is 40.4 Å². The largest absolute Gasteiger partial charge is 1.00 e. The van der Waals surface area contributed by atoms with Crippen LogP contribution in [-0.4, -0.2) is 59.2 Å². The van der Waals surface area contributed by atoms with Crippen LogP contribution in [0.1, 0.15) is 77.4 Å². The van der Waals surface area contributed by atoms with Gasteiger partial charge in [0.2, 0.25) is 0 Å². The maximum Gasteiger partial charge on any atom is 1.00 e. The molecule has 2 aliphatic carbocycles. The second-order valence-electron chi connectivity index (χ2n) is 13.0. The van der Waals surface area contributed by atoms with Gasteiger partial charge in [0.1, 0.15) is 0 Å². The Labute approximate surface area is 333 Å². The quantitative estimate of drug-likeness (QED) is 0.251. The van der Waals surface area contributed by atoms with Crippen LogP contribution in [0.25, 0.3) is 11.1 Å². The number of carbonyl (C=O) groups excluding carboxylic acids is 1. The molecule has 0 unspecified atom stereocenters. The zero-order valence-electron chi connectivity index (χ0n) is 29.5. The number of carbonyl (C=O) groups is 1. The van der Waals surface area contributed by atoms with E-state index in [0.717, 1.165) is 80.2 Å². The average molecular weight is 734 g/mol. The van der Waals surface area contributed by atoms with E-state index in [9.17, 15) is 4.79 Å². The smallest absolute Gasteiger partial charge is 0.870 e. The molecule has 4 aliphatic rings. The summed E-state index contributed by atoms with van der Waals surface area (Å²) in [7, 11) is 0. The van der Waals surface area contributed by atoms with Gasteiger partial charge >= 0.3 is 35.7 Å². The minimum Gasteiger partial charge on any atom is -0.870 e. The normalized spacial score (nSPS) is 16.3. The Morgan fingerprint density at radius 3 is 1.67 bits per heavy atom. The summed E-state index contributed by atoms with van der Waals surface area (Å²) < 4.78 is 5.15. The fourth-order valence-electron chi connectivity index (χ4n) is 7.67. The maximum atomic E-state index is 12.0. The molecule has 4 aromatic rings. The van der Waals surface area contributed by atoms with Crippen LogP contribution in [-0.2, 0) is 30.4 Å². The van der Waals surface area contributed by atoms with Gasteiger partial charge in [-0.1, -0.05) is 58.6 Å². The van der Waals surface area contributed by atoms with Crippen molar-refractivity contribution in [3.63, 3.8) is 0 Å². The Kier molecular flexibility index (Phi) is 14.0. The number of halogens is 2. The maximum absolute atomic E-state index is 12.0. The molecule has 0 spiro atoms. The predicted octanol–water partition coefficient (Wildman–Crippen LogP) is 5.73. The molecule has 2 fully saturated rings. The van der Waals surface area contributed by atoms with Crippen LogP contribution in [0.3, 0.4) is 0 Å². The van der Waals surface area contributed by atoms with Crippen molar-refractivity contribution in [3.8, 4) is 0 Å². The molecule has 0 saturated carbocycles. The van der Waals surface area contributed by atoms with Gasteiger partial charge in [0, 0.05) is 46.7 Å². The SMILES string of the molecule is CCOC(=O)N1CCC(=C2c3ccc(Cl)cc3CCc3cccnc32)CC1.Clc1ccc2c(c1)CCc1cccnc1C2=C1CCNCC1.[Na+].[OH-]. The van der Waals surface area contributed by atoms with E-state index in [-0.39, 0.29) is 41.1 Å². The van der Waals surface area contributed by atoms with E-state index >= 15 is 0 Å². The van der Waals surface area contributed by atoms with Crippen LogP contribution in [0.2, 0.25) is 10.0 Å². The Morgan fingerprint density at radius 1 is 0.706 bits per heavy atom. The van der Waals surface area contributed by atoms with E-state index < -0.39 is 0 Å². The Hall–Kier alpha value is -3.01. The number of benzene rings is 2. The molecule has 2 aromatic heterocycles. The van der Waals surface area contributed by atoms with Crippen LogP contribution in [0.5, 0.6) is 0 Å². The number of piperidine rings is 2. The third kappa shape index (κ3) is 8.80. The molecule has 0 radical (unpaired) electrons. The molecule has 2 aliphatic heterocycles. The summed E-state index contributed by atoms with van der Waals surface area (Å²) in [6.07, 6.45) is 11.4. The van der Waals surface area contributed by atoms with Gasteiger partial charge in [0.05, 0.1) is 18.0 Å². The van der Waals surface area contributed by atoms with E-state index in [1.807, 2.05) is 43.6 Å². The number of nitrogens with zero attached hydrogens (tertiary/aromatic N) is 3. The fourth-order valence-corrected chi connectivity index (χ4v) is 8.06. The molecule has 51 heavy (non-hydrogen) atoms. The molecule has 260 valence electrons. The van der Waals surface area contributed by atoms with Gasteiger partial charge in [-0.25, -0.2) is 4.79 Å². The van der Waals surface area contributed by atoms with Gasteiger partial charge in [0.25, 0.3) is 0 Å². The van der Waals surface area contributed by atoms with E-state index in [2.05, 4.69) is 41.7 Å². The molecule has 10 heteroatoms. The molecule has 0 bridgehead atoms. The Morgan fingerprint density at radius 2 is 1.18 bits per heavy atom. The van der Waals surface area contributed by atoms with Gasteiger partial charge in [-0.2, -0.15) is 0 Å². The number of nitrogens with one attached hydrogen (secondary N) is 1. The molecule has 4 heterocycles. The number of likely N-dealkylation sites (tertiary alicyclic amines) is 1. The zero-order chi connectivity index (χ0) is 33.7. The number of pyridine rings is 2. The van der Waals surface area contributed by atoms with E-state index in [1.165, 1.54) is 61.4 Å². The van der Waals surface area contributed by atoms with Crippen LogP contribution in [0.4, 0.5) is 4.79 Å². The molecule has 1 amide bonds. The van der Waals surface area contributed by atoms with E-state index in [4.69, 9.17) is 37.9 Å². The number of aryl methyl sites for hydroxylation is 4. The summed E-state index contributed by atoms with van der Waals surface area (Å²) in [5.74, 6) is 0. The average Bonchev–Trinajstić information content (AvgIpc) is 3.40. The van der Waals surface area contributed by atoms with Crippen molar-refractivity contribution in [3.05, 3.63) is 139 Å². The van der Waals surface area contributed by atoms with Crippen LogP contribution >= 0.6 is 23.2 Å². The first kappa shape index (κ1) is 39.2. The van der Waals surface area contributed by atoms with E-state index in [1.54, 1.807) is 4.90 Å². The number of rotatable bonds is 1. The fraction of sp³-hybridized carbons (Fsp3) is 0.341. The van der Waals surface area contributed by atoms with Crippen molar-refractivity contribution < 1.29 is 44.6 Å². The van der Waals surface area contributed by atoms with Crippen LogP contribution in [0.15, 0.2) is 84.2 Å². The summed E-state index contributed by atoms with van der Waals surface area (Å²) in [4.78, 5) is 23.3. The standard InChI is InChI=1S/C22H23ClN2O2.C19H19ClN2.Na.H2O/c1-2-27-22(26)25-12-9-15(10-13-25)20-19-8-7-18(23)14-17(19)6-5-16-4-3-11-24-21(16)20;20-16-5-6-17-15(12-16)4-3-14-2-1-9-22-19(14)18(17)13-7-10-21-11-8-13;;/h3-4,7-8,11,14H,2,5-6,9-10,12-13H2,1H3;1-2,5-6,9,12,21H,3-4,7-8,10-11H2;;1H2/q;;+1;/p-1. The minimum absolute atomic E-state index is 0. The first-order chi connectivity index (χ1) is 24.0. The number of amides is 1. The molecular weight excluding hydrogens is 690 g/mol. The summed E-state index contributed by atoms with van der Waals surface area (Å²) in [5, 5.41) is 5.05. The number of aromatic nitrogens is 2. The second kappa shape index (κ2) is 18.2. The third-order valence-electron chi connectivity index (χ3n) is 10.1. The topological polar surface area (TPSA) is 97.3 Å². The summed E-state index contributed by atoms with van der Waals surface area (Å²) in [5.41, 5.74) is 15.6. The Bertz CT molecular complexity index is 1930. The van der Waals surface area contributed by atoms with Crippen molar-refractivity contribution in [2.45, 2.75) is 58.3 Å². The number of fused-ring (bicyclic) bond motifs is 4. The Balaban J connectivity index is 0.000000194. The van der Waals surface area contributed by atoms with Crippen molar-refractivity contribution in [1.82, 2.24) is 20.2 Å². The van der Waals surface area contributed by atoms with Crippen molar-refractivity contribution in [2.24, 2.45) is 0 Å². The predicted molar refractivity (Wildman–Crippen MR) is 200 cm³/mol. The zero-order valence-corrected chi connectivity index (χ0v) is 33.0. The third-order valence-corrected chi connectivity index (χ3v) is 10.5. The molecule has 7 nitrogen and oxygen atoms in total. The van der Waals surface area contributed by atoms with E-state index in [0.29, 0.717) is 19.7 Å². The molecule has 2 N–H and O–H groups in total. The number of hydrogen-bond donors (Lipinski definition) is 1. The second-order valence-corrected chi connectivity index (χ2v) is 13.9. The van der Waals surface area contributed by atoms with Crippen molar-refractivity contribution in [1.29, 1.82) is 0 Å². The minimum atomic E-state index is -0.215. The summed E-state index contributed by atoms with van der Waals surface area (Å²) in [6, 6.07) is 20.9. The first-order valence-electron chi connectivity index (χ1n) is 17.5. The molecule has 8 rings (SSSR count). The number of ether oxygens (including phenoxy) is 1. The monoisotopic (exact) mass is 732 g/mol. The molecule has 2 aromatic carbocycles. The summed E-state index contributed by atoms with van der Waals surface area (Å²) >= 11 is 12.5. The molecule has 2 saturated heterocycles. The van der Waals surface area contributed by atoms with Gasteiger partial charge < -0.3 is 20.4 Å². The first-order valence-corrected chi connectivity index (χ1v) is 18.3. The van der Waals surface area contributed by atoms with Gasteiger partial charge in [-0.05, 0) is 141 Å². The van der Waals surface area contributed by atoms with Crippen LogP contribution < -0.4 is 34.9 Å². The van der Waals surface area contributed by atoms with Gasteiger partial charge in [-0.3, -0.25) is 9.97 Å². The molecular formula is C41H43Cl2N4NaO3.